The standard InChI is InChI=1S/C30H35N5O5/c1-38-24-10-8-22(9-11-24)27-12-13-28(32-31-27)33-14-16-34(17-15-33)29(36)21-35(20-26-7-4-18-40-26)30(37)23-5-3-6-25(19-23)39-2/h3,5-6,8-13,19,26H,4,7,14-18,20-21H2,1-2H3/t26-/m0/s1. The third-order valence-corrected chi connectivity index (χ3v) is 7.37. The highest BCUT2D eigenvalue weighted by atomic mass is 16.5. The monoisotopic (exact) mass is 545 g/mol. The summed E-state index contributed by atoms with van der Waals surface area (Å²) in [7, 11) is 3.21. The number of hydrogen-bond donors (Lipinski definition) is 0. The topological polar surface area (TPSA) is 97.3 Å². The second-order valence-electron chi connectivity index (χ2n) is 9.93. The molecular formula is C30H35N5O5. The fourth-order valence-electron chi connectivity index (χ4n) is 5.05. The third-order valence-electron chi connectivity index (χ3n) is 7.37. The van der Waals surface area contributed by atoms with Crippen molar-refractivity contribution < 1.29 is 23.8 Å². The van der Waals surface area contributed by atoms with Crippen molar-refractivity contribution in [2.75, 3.05) is 65.0 Å². The zero-order chi connectivity index (χ0) is 27.9. The Balaban J connectivity index is 1.19. The number of ether oxygens (including phenoxy) is 3. The van der Waals surface area contributed by atoms with Crippen LogP contribution < -0.4 is 14.4 Å². The van der Waals surface area contributed by atoms with Gasteiger partial charge in [-0.3, -0.25) is 9.59 Å². The Morgan fingerprint density at radius 2 is 1.73 bits per heavy atom. The minimum absolute atomic E-state index is 0.00622. The van der Waals surface area contributed by atoms with E-state index in [4.69, 9.17) is 14.2 Å². The van der Waals surface area contributed by atoms with Crippen LogP contribution in [0, 0.1) is 0 Å². The minimum atomic E-state index is -0.200. The molecule has 2 aliphatic heterocycles. The Morgan fingerprint density at radius 3 is 2.38 bits per heavy atom. The van der Waals surface area contributed by atoms with Crippen LogP contribution in [0.5, 0.6) is 11.5 Å². The SMILES string of the molecule is COc1ccc(-c2ccc(N3CCN(C(=O)CN(C[C@@H]4CCCO4)C(=O)c4cccc(OC)c4)CC3)nn2)cc1. The molecule has 210 valence electrons. The number of methoxy groups -OCH3 is 2. The number of anilines is 1. The molecule has 0 N–H and O–H groups in total. The van der Waals surface area contributed by atoms with E-state index in [9.17, 15) is 9.59 Å². The first-order chi connectivity index (χ1) is 19.5. The van der Waals surface area contributed by atoms with E-state index in [0.717, 1.165) is 35.7 Å². The number of carbonyl (C=O) groups excluding carboxylic acids is 2. The van der Waals surface area contributed by atoms with E-state index in [1.807, 2.05) is 41.3 Å². The quantitative estimate of drug-likeness (QED) is 0.405. The van der Waals surface area contributed by atoms with Crippen LogP contribution in [-0.2, 0) is 9.53 Å². The Kier molecular flexibility index (Phi) is 8.75. The summed E-state index contributed by atoms with van der Waals surface area (Å²) in [5.74, 6) is 1.90. The summed E-state index contributed by atoms with van der Waals surface area (Å²) in [4.78, 5) is 32.3. The highest BCUT2D eigenvalue weighted by Gasteiger charge is 2.29. The third kappa shape index (κ3) is 6.51. The van der Waals surface area contributed by atoms with Crippen LogP contribution in [0.2, 0.25) is 0 Å². The predicted octanol–water partition coefficient (Wildman–Crippen LogP) is 3.13. The Hall–Kier alpha value is -4.18. The maximum Gasteiger partial charge on any atom is 0.254 e. The van der Waals surface area contributed by atoms with Gasteiger partial charge < -0.3 is 28.9 Å². The lowest BCUT2D eigenvalue weighted by molar-refractivity contribution is -0.132. The molecule has 5 rings (SSSR count). The number of rotatable bonds is 9. The Bertz CT molecular complexity index is 1290. The maximum atomic E-state index is 13.4. The van der Waals surface area contributed by atoms with Gasteiger partial charge in [0.2, 0.25) is 5.91 Å². The van der Waals surface area contributed by atoms with Gasteiger partial charge in [-0.2, -0.15) is 0 Å². The van der Waals surface area contributed by atoms with Crippen LogP contribution in [0.4, 0.5) is 5.82 Å². The number of piperazine rings is 1. The first-order valence-corrected chi connectivity index (χ1v) is 13.6. The van der Waals surface area contributed by atoms with Gasteiger partial charge in [0.05, 0.1) is 26.0 Å². The lowest BCUT2D eigenvalue weighted by atomic mass is 10.1. The fraction of sp³-hybridized carbons (Fsp3) is 0.400. The van der Waals surface area contributed by atoms with Gasteiger partial charge in [-0.1, -0.05) is 6.07 Å². The van der Waals surface area contributed by atoms with Crippen LogP contribution in [0.25, 0.3) is 11.3 Å². The van der Waals surface area contributed by atoms with Crippen molar-refractivity contribution in [3.8, 4) is 22.8 Å². The van der Waals surface area contributed by atoms with Crippen LogP contribution in [0.1, 0.15) is 23.2 Å². The summed E-state index contributed by atoms with van der Waals surface area (Å²) in [6, 6.07) is 18.6. The van der Waals surface area contributed by atoms with E-state index in [-0.39, 0.29) is 24.5 Å². The predicted molar refractivity (Wildman–Crippen MR) is 151 cm³/mol. The molecule has 3 aromatic rings. The lowest BCUT2D eigenvalue weighted by Gasteiger charge is -2.36. The van der Waals surface area contributed by atoms with Gasteiger partial charge in [0, 0.05) is 50.5 Å². The van der Waals surface area contributed by atoms with Crippen molar-refractivity contribution in [1.82, 2.24) is 20.0 Å². The number of hydrogen-bond acceptors (Lipinski definition) is 8. The van der Waals surface area contributed by atoms with E-state index in [1.54, 1.807) is 43.4 Å². The molecule has 0 unspecified atom stereocenters. The smallest absolute Gasteiger partial charge is 0.254 e. The average molecular weight is 546 g/mol. The number of nitrogens with zero attached hydrogens (tertiary/aromatic N) is 5. The number of carbonyl (C=O) groups is 2. The zero-order valence-corrected chi connectivity index (χ0v) is 23.0. The lowest BCUT2D eigenvalue weighted by Crippen LogP contribution is -2.52. The zero-order valence-electron chi connectivity index (χ0n) is 23.0. The van der Waals surface area contributed by atoms with Crippen molar-refractivity contribution in [2.24, 2.45) is 0 Å². The molecular weight excluding hydrogens is 510 g/mol. The molecule has 2 fully saturated rings. The Labute approximate surface area is 234 Å². The van der Waals surface area contributed by atoms with Crippen molar-refractivity contribution in [3.05, 3.63) is 66.2 Å². The molecule has 2 aromatic carbocycles. The van der Waals surface area contributed by atoms with Gasteiger partial charge in [-0.25, -0.2) is 0 Å². The van der Waals surface area contributed by atoms with Crippen molar-refractivity contribution in [2.45, 2.75) is 18.9 Å². The van der Waals surface area contributed by atoms with Crippen LogP contribution in [-0.4, -0.2) is 98.0 Å². The van der Waals surface area contributed by atoms with Crippen LogP contribution in [0.3, 0.4) is 0 Å². The Morgan fingerprint density at radius 1 is 0.950 bits per heavy atom. The first kappa shape index (κ1) is 27.4. The summed E-state index contributed by atoms with van der Waals surface area (Å²) in [5, 5.41) is 8.84. The molecule has 2 saturated heterocycles. The van der Waals surface area contributed by atoms with Gasteiger partial charge in [-0.15, -0.1) is 10.2 Å². The van der Waals surface area contributed by atoms with Crippen LogP contribution >= 0.6 is 0 Å². The highest BCUT2D eigenvalue weighted by Crippen LogP contribution is 2.23. The number of amides is 2. The molecule has 0 radical (unpaired) electrons. The summed E-state index contributed by atoms with van der Waals surface area (Å²) in [5.41, 5.74) is 2.24. The van der Waals surface area contributed by atoms with Crippen molar-refractivity contribution >= 4 is 17.6 Å². The first-order valence-electron chi connectivity index (χ1n) is 13.6. The van der Waals surface area contributed by atoms with E-state index in [0.29, 0.717) is 50.6 Å². The van der Waals surface area contributed by atoms with Gasteiger partial charge >= 0.3 is 0 Å². The normalized spacial score (nSPS) is 17.0. The fourth-order valence-corrected chi connectivity index (χ4v) is 5.05. The molecule has 0 spiro atoms. The highest BCUT2D eigenvalue weighted by molar-refractivity contribution is 5.97. The molecule has 0 saturated carbocycles. The van der Waals surface area contributed by atoms with Gasteiger partial charge in [0.25, 0.3) is 5.91 Å². The second-order valence-corrected chi connectivity index (χ2v) is 9.93. The summed E-state index contributed by atoms with van der Waals surface area (Å²) < 4.78 is 16.3. The van der Waals surface area contributed by atoms with Gasteiger partial charge in [-0.05, 0) is 67.4 Å². The molecule has 40 heavy (non-hydrogen) atoms. The maximum absolute atomic E-state index is 13.4. The molecule has 0 aliphatic carbocycles. The van der Waals surface area contributed by atoms with E-state index in [2.05, 4.69) is 15.1 Å². The van der Waals surface area contributed by atoms with E-state index >= 15 is 0 Å². The molecule has 2 amide bonds. The average Bonchev–Trinajstić information content (AvgIpc) is 3.54. The molecule has 10 heteroatoms. The van der Waals surface area contributed by atoms with E-state index in [1.165, 1.54) is 0 Å². The molecule has 3 heterocycles. The summed E-state index contributed by atoms with van der Waals surface area (Å²) in [6.45, 7) is 3.44. The van der Waals surface area contributed by atoms with Crippen molar-refractivity contribution in [1.29, 1.82) is 0 Å². The number of benzene rings is 2. The van der Waals surface area contributed by atoms with Gasteiger partial charge in [0.15, 0.2) is 5.82 Å². The largest absolute Gasteiger partial charge is 0.497 e. The molecule has 0 bridgehead atoms. The van der Waals surface area contributed by atoms with Crippen LogP contribution in [0.15, 0.2) is 60.7 Å². The molecule has 1 aromatic heterocycles. The van der Waals surface area contributed by atoms with Gasteiger partial charge in [0.1, 0.15) is 18.0 Å². The molecule has 2 aliphatic rings. The van der Waals surface area contributed by atoms with E-state index < -0.39 is 0 Å². The number of aromatic nitrogens is 2. The molecule has 1 atom stereocenters. The molecule has 10 nitrogen and oxygen atoms in total. The minimum Gasteiger partial charge on any atom is -0.497 e. The summed E-state index contributed by atoms with van der Waals surface area (Å²) in [6.07, 6.45) is 1.79. The summed E-state index contributed by atoms with van der Waals surface area (Å²) >= 11 is 0. The second kappa shape index (κ2) is 12.8. The van der Waals surface area contributed by atoms with Crippen molar-refractivity contribution in [3.63, 3.8) is 0 Å².